The number of furan rings is 2. The number of aromatic nitrogens is 2. The number of nitrogens with zero attached hydrogens (tertiary/aromatic N) is 4. The molecule has 0 aliphatic rings. The van der Waals surface area contributed by atoms with E-state index in [1.165, 1.54) is 24.7 Å². The monoisotopic (exact) mass is 323 g/mol. The Balaban J connectivity index is 1.64. The Morgan fingerprint density at radius 1 is 1.17 bits per heavy atom. The maximum absolute atomic E-state index is 10.6. The fraction of sp³-hybridized carbons (Fsp3) is 0. The fourth-order valence-corrected chi connectivity index (χ4v) is 2.27. The minimum Gasteiger partial charge on any atom is -0.450 e. The first kappa shape index (κ1) is 13.9. The average molecular weight is 323 g/mol. The summed E-state index contributed by atoms with van der Waals surface area (Å²) in [6, 6.07) is 10.2. The van der Waals surface area contributed by atoms with Crippen molar-refractivity contribution in [3.63, 3.8) is 0 Å². The quantitative estimate of drug-likeness (QED) is 0.347. The number of nitrogens with one attached hydrogen (secondary N) is 1. The van der Waals surface area contributed by atoms with Crippen molar-refractivity contribution in [1.29, 1.82) is 0 Å². The Morgan fingerprint density at radius 2 is 2.04 bits per heavy atom. The largest absolute Gasteiger partial charge is 0.450 e. The van der Waals surface area contributed by atoms with Gasteiger partial charge in [-0.3, -0.25) is 15.5 Å². The van der Waals surface area contributed by atoms with Gasteiger partial charge in [0.1, 0.15) is 22.4 Å². The Bertz CT molecular complexity index is 1080. The molecule has 0 spiro atoms. The average Bonchev–Trinajstić information content (AvgIpc) is 3.20. The van der Waals surface area contributed by atoms with Gasteiger partial charge in [0, 0.05) is 5.39 Å². The van der Waals surface area contributed by atoms with Crippen LogP contribution in [-0.2, 0) is 0 Å². The van der Waals surface area contributed by atoms with Crippen LogP contribution in [0.3, 0.4) is 0 Å². The summed E-state index contributed by atoms with van der Waals surface area (Å²) in [4.78, 5) is 18.3. The smallest absolute Gasteiger partial charge is 0.433 e. The van der Waals surface area contributed by atoms with E-state index in [2.05, 4.69) is 20.5 Å². The van der Waals surface area contributed by atoms with Crippen molar-refractivity contribution in [1.82, 2.24) is 9.97 Å². The molecule has 3 aromatic heterocycles. The molecule has 0 bridgehead atoms. The Morgan fingerprint density at radius 3 is 2.88 bits per heavy atom. The molecule has 0 saturated carbocycles. The van der Waals surface area contributed by atoms with E-state index in [4.69, 9.17) is 8.83 Å². The first-order chi connectivity index (χ1) is 11.7. The Hall–Kier alpha value is -3.75. The van der Waals surface area contributed by atoms with Crippen LogP contribution >= 0.6 is 0 Å². The second-order valence-corrected chi connectivity index (χ2v) is 4.80. The summed E-state index contributed by atoms with van der Waals surface area (Å²) in [6.07, 6.45) is 2.71. The second-order valence-electron chi connectivity index (χ2n) is 4.80. The summed E-state index contributed by atoms with van der Waals surface area (Å²) in [6.45, 7) is 0. The van der Waals surface area contributed by atoms with E-state index in [1.807, 2.05) is 24.3 Å². The summed E-state index contributed by atoms with van der Waals surface area (Å²) >= 11 is 0. The molecule has 0 fully saturated rings. The van der Waals surface area contributed by atoms with Crippen LogP contribution in [0, 0.1) is 10.1 Å². The standard InChI is InChI=1S/C15H9N5O4/c21-20(22)12-6-5-9(23-12)7-18-19-15-14-13(16-8-17-15)10-3-1-2-4-11(10)24-14/h1-8H,(H,16,17,19)/b18-7-. The molecule has 0 saturated heterocycles. The topological polar surface area (TPSA) is 120 Å². The van der Waals surface area contributed by atoms with E-state index in [1.54, 1.807) is 0 Å². The number of fused-ring (bicyclic) bond motifs is 3. The molecular formula is C15H9N5O4. The lowest BCUT2D eigenvalue weighted by molar-refractivity contribution is -0.402. The van der Waals surface area contributed by atoms with Gasteiger partial charge in [0.05, 0.1) is 12.3 Å². The van der Waals surface area contributed by atoms with Gasteiger partial charge in [-0.25, -0.2) is 9.97 Å². The highest BCUT2D eigenvalue weighted by Crippen LogP contribution is 2.30. The van der Waals surface area contributed by atoms with Crippen LogP contribution in [0.5, 0.6) is 0 Å². The van der Waals surface area contributed by atoms with Crippen LogP contribution in [-0.4, -0.2) is 21.1 Å². The first-order valence-corrected chi connectivity index (χ1v) is 6.88. The van der Waals surface area contributed by atoms with Crippen molar-refractivity contribution in [3.05, 3.63) is 58.6 Å². The van der Waals surface area contributed by atoms with Crippen molar-refractivity contribution in [2.75, 3.05) is 5.43 Å². The van der Waals surface area contributed by atoms with Gasteiger partial charge in [-0.05, 0) is 18.2 Å². The van der Waals surface area contributed by atoms with E-state index in [0.717, 1.165) is 5.39 Å². The van der Waals surface area contributed by atoms with E-state index in [9.17, 15) is 10.1 Å². The molecule has 0 radical (unpaired) electrons. The second kappa shape index (κ2) is 5.47. The van der Waals surface area contributed by atoms with Crippen LogP contribution in [0.4, 0.5) is 11.7 Å². The molecule has 1 N–H and O–H groups in total. The van der Waals surface area contributed by atoms with Crippen LogP contribution in [0.25, 0.3) is 22.1 Å². The normalized spacial score (nSPS) is 11.5. The lowest BCUT2D eigenvalue weighted by atomic mass is 10.2. The van der Waals surface area contributed by atoms with E-state index in [0.29, 0.717) is 22.5 Å². The van der Waals surface area contributed by atoms with Crippen LogP contribution < -0.4 is 5.43 Å². The molecule has 0 unspecified atom stereocenters. The predicted molar refractivity (Wildman–Crippen MR) is 85.9 cm³/mol. The van der Waals surface area contributed by atoms with Gasteiger partial charge in [-0.15, -0.1) is 0 Å². The minimum atomic E-state index is -0.618. The summed E-state index contributed by atoms with van der Waals surface area (Å²) in [5.74, 6) is 0.274. The van der Waals surface area contributed by atoms with Gasteiger partial charge in [0.25, 0.3) is 0 Å². The Labute approximate surface area is 133 Å². The molecule has 4 aromatic rings. The van der Waals surface area contributed by atoms with Gasteiger partial charge < -0.3 is 8.83 Å². The highest BCUT2D eigenvalue weighted by Gasteiger charge is 2.13. The molecule has 0 aliphatic carbocycles. The molecule has 118 valence electrons. The van der Waals surface area contributed by atoms with Crippen molar-refractivity contribution < 1.29 is 13.8 Å². The van der Waals surface area contributed by atoms with Gasteiger partial charge >= 0.3 is 5.88 Å². The summed E-state index contributed by atoms with van der Waals surface area (Å²) in [5, 5.41) is 15.4. The number of anilines is 1. The van der Waals surface area contributed by atoms with Gasteiger partial charge in [-0.2, -0.15) is 5.10 Å². The molecule has 9 heteroatoms. The maximum atomic E-state index is 10.6. The van der Waals surface area contributed by atoms with Crippen molar-refractivity contribution >= 4 is 40.0 Å². The number of benzene rings is 1. The van der Waals surface area contributed by atoms with Gasteiger partial charge in [0.15, 0.2) is 17.2 Å². The van der Waals surface area contributed by atoms with Gasteiger partial charge in [-0.1, -0.05) is 12.1 Å². The van der Waals surface area contributed by atoms with Crippen molar-refractivity contribution in [2.45, 2.75) is 0 Å². The molecule has 9 nitrogen and oxygen atoms in total. The highest BCUT2D eigenvalue weighted by molar-refractivity contribution is 6.05. The summed E-state index contributed by atoms with van der Waals surface area (Å²) in [7, 11) is 0. The minimum absolute atomic E-state index is 0.240. The first-order valence-electron chi connectivity index (χ1n) is 6.88. The van der Waals surface area contributed by atoms with Crippen LogP contribution in [0.15, 0.2) is 56.7 Å². The summed E-state index contributed by atoms with van der Waals surface area (Å²) < 4.78 is 10.7. The fourth-order valence-electron chi connectivity index (χ4n) is 2.27. The predicted octanol–water partition coefficient (Wildman–Crippen LogP) is 3.32. The number of hydrazone groups is 1. The molecule has 0 atom stereocenters. The van der Waals surface area contributed by atoms with E-state index < -0.39 is 4.92 Å². The van der Waals surface area contributed by atoms with Gasteiger partial charge in [0.2, 0.25) is 0 Å². The zero-order valence-corrected chi connectivity index (χ0v) is 12.0. The third-order valence-electron chi connectivity index (χ3n) is 3.31. The lowest BCUT2D eigenvalue weighted by Crippen LogP contribution is -1.94. The number of nitro groups is 1. The van der Waals surface area contributed by atoms with E-state index in [-0.39, 0.29) is 11.6 Å². The third kappa shape index (κ3) is 2.33. The zero-order valence-electron chi connectivity index (χ0n) is 12.0. The van der Waals surface area contributed by atoms with Crippen molar-refractivity contribution in [3.8, 4) is 0 Å². The number of rotatable bonds is 4. The molecule has 3 heterocycles. The SMILES string of the molecule is O=[N+]([O-])c1ccc(/C=N\Nc2ncnc3c2oc2ccccc23)o1. The lowest BCUT2D eigenvalue weighted by Gasteiger charge is -1.98. The highest BCUT2D eigenvalue weighted by atomic mass is 16.6. The zero-order chi connectivity index (χ0) is 16.5. The molecule has 0 aliphatic heterocycles. The number of para-hydroxylation sites is 1. The van der Waals surface area contributed by atoms with Crippen LogP contribution in [0.2, 0.25) is 0 Å². The van der Waals surface area contributed by atoms with Crippen molar-refractivity contribution in [2.24, 2.45) is 5.10 Å². The molecular weight excluding hydrogens is 314 g/mol. The maximum Gasteiger partial charge on any atom is 0.433 e. The molecule has 24 heavy (non-hydrogen) atoms. The third-order valence-corrected chi connectivity index (χ3v) is 3.31. The molecule has 4 rings (SSSR count). The van der Waals surface area contributed by atoms with Crippen LogP contribution in [0.1, 0.15) is 5.76 Å². The number of hydrogen-bond acceptors (Lipinski definition) is 8. The summed E-state index contributed by atoms with van der Waals surface area (Å²) in [5.41, 5.74) is 4.57. The van der Waals surface area contributed by atoms with E-state index >= 15 is 0 Å². The Kier molecular flexibility index (Phi) is 3.16. The molecule has 0 amide bonds. The number of hydrogen-bond donors (Lipinski definition) is 1. The molecule has 1 aromatic carbocycles.